The fourth-order valence-corrected chi connectivity index (χ4v) is 1.18. The van der Waals surface area contributed by atoms with Gasteiger partial charge in [-0.15, -0.1) is 0 Å². The molecule has 0 atom stereocenters. The molecule has 0 radical (unpaired) electrons. The van der Waals surface area contributed by atoms with Crippen LogP contribution in [-0.4, -0.2) is 5.91 Å². The highest BCUT2D eigenvalue weighted by Crippen LogP contribution is 2.14. The van der Waals surface area contributed by atoms with E-state index < -0.39 is 0 Å². The molecule has 2 heteroatoms. The Labute approximate surface area is 79.0 Å². The molecule has 0 aromatic carbocycles. The Morgan fingerprint density at radius 1 is 1.62 bits per heavy atom. The standard InChI is InChI=1S/C11H15NO/c1-8(2)11(13)12-10-6-4-5-9(3)7-10/h6-7H,1,4-5H2,2-3H3,(H,12,13). The molecule has 0 fully saturated rings. The van der Waals surface area contributed by atoms with E-state index in [0.29, 0.717) is 5.57 Å². The normalized spacial score (nSPS) is 15.8. The molecule has 1 N–H and O–H groups in total. The van der Waals surface area contributed by atoms with E-state index in [1.807, 2.05) is 12.2 Å². The van der Waals surface area contributed by atoms with Crippen molar-refractivity contribution in [1.29, 1.82) is 0 Å². The fraction of sp³-hybridized carbons (Fsp3) is 0.364. The summed E-state index contributed by atoms with van der Waals surface area (Å²) in [5.74, 6) is -0.0998. The third-order valence-corrected chi connectivity index (χ3v) is 1.95. The SMILES string of the molecule is C=C(C)C(=O)NC1=CCCC(C)=C1. The minimum atomic E-state index is -0.0998. The van der Waals surface area contributed by atoms with Crippen LogP contribution in [-0.2, 0) is 4.79 Å². The van der Waals surface area contributed by atoms with Crippen molar-refractivity contribution in [2.75, 3.05) is 0 Å². The number of rotatable bonds is 2. The van der Waals surface area contributed by atoms with Gasteiger partial charge in [0.25, 0.3) is 5.91 Å². The van der Waals surface area contributed by atoms with E-state index in [9.17, 15) is 4.79 Å². The van der Waals surface area contributed by atoms with E-state index >= 15 is 0 Å². The van der Waals surface area contributed by atoms with Crippen LogP contribution in [0.3, 0.4) is 0 Å². The number of hydrogen-bond acceptors (Lipinski definition) is 1. The van der Waals surface area contributed by atoms with Crippen molar-refractivity contribution in [3.8, 4) is 0 Å². The maximum absolute atomic E-state index is 11.2. The molecule has 0 saturated carbocycles. The number of allylic oxidation sites excluding steroid dienone is 3. The van der Waals surface area contributed by atoms with Crippen molar-refractivity contribution in [3.05, 3.63) is 35.6 Å². The van der Waals surface area contributed by atoms with Gasteiger partial charge in [-0.25, -0.2) is 0 Å². The molecule has 0 aliphatic heterocycles. The summed E-state index contributed by atoms with van der Waals surface area (Å²) in [7, 11) is 0. The smallest absolute Gasteiger partial charge is 0.250 e. The van der Waals surface area contributed by atoms with Crippen LogP contribution in [0.1, 0.15) is 26.7 Å². The molecule has 0 unspecified atom stereocenters. The molecule has 0 bridgehead atoms. The summed E-state index contributed by atoms with van der Waals surface area (Å²) in [4.78, 5) is 11.2. The number of carbonyl (C=O) groups is 1. The molecule has 70 valence electrons. The van der Waals surface area contributed by atoms with E-state index in [1.54, 1.807) is 6.92 Å². The van der Waals surface area contributed by atoms with Gasteiger partial charge in [-0.1, -0.05) is 18.2 Å². The van der Waals surface area contributed by atoms with Gasteiger partial charge in [-0.3, -0.25) is 4.79 Å². The maximum atomic E-state index is 11.2. The molecule has 2 nitrogen and oxygen atoms in total. The first kappa shape index (κ1) is 9.78. The highest BCUT2D eigenvalue weighted by Gasteiger charge is 2.05. The van der Waals surface area contributed by atoms with E-state index in [1.165, 1.54) is 5.57 Å². The van der Waals surface area contributed by atoms with Crippen molar-refractivity contribution in [1.82, 2.24) is 5.32 Å². The van der Waals surface area contributed by atoms with Gasteiger partial charge in [0.1, 0.15) is 0 Å². The molecule has 0 spiro atoms. The molecule has 1 amide bonds. The molecular formula is C11H15NO. The lowest BCUT2D eigenvalue weighted by atomic mass is 10.0. The van der Waals surface area contributed by atoms with Crippen LogP contribution >= 0.6 is 0 Å². The largest absolute Gasteiger partial charge is 0.323 e. The average molecular weight is 177 g/mol. The summed E-state index contributed by atoms with van der Waals surface area (Å²) in [6.07, 6.45) is 6.14. The Morgan fingerprint density at radius 2 is 2.31 bits per heavy atom. The first-order valence-electron chi connectivity index (χ1n) is 4.44. The molecule has 0 heterocycles. The predicted molar refractivity (Wildman–Crippen MR) is 54.0 cm³/mol. The summed E-state index contributed by atoms with van der Waals surface area (Å²) < 4.78 is 0. The fourth-order valence-electron chi connectivity index (χ4n) is 1.18. The number of nitrogens with one attached hydrogen (secondary N) is 1. The van der Waals surface area contributed by atoms with Crippen molar-refractivity contribution >= 4 is 5.91 Å². The van der Waals surface area contributed by atoms with E-state index in [-0.39, 0.29) is 5.91 Å². The van der Waals surface area contributed by atoms with Crippen LogP contribution in [0.25, 0.3) is 0 Å². The van der Waals surface area contributed by atoms with Crippen LogP contribution in [0.5, 0.6) is 0 Å². The van der Waals surface area contributed by atoms with Gasteiger partial charge >= 0.3 is 0 Å². The molecule has 1 aliphatic rings. The number of hydrogen-bond donors (Lipinski definition) is 1. The van der Waals surface area contributed by atoms with Crippen molar-refractivity contribution in [3.63, 3.8) is 0 Å². The maximum Gasteiger partial charge on any atom is 0.250 e. The lowest BCUT2D eigenvalue weighted by Crippen LogP contribution is -2.22. The first-order chi connectivity index (χ1) is 6.09. The zero-order chi connectivity index (χ0) is 9.84. The first-order valence-corrected chi connectivity index (χ1v) is 4.44. The molecule has 13 heavy (non-hydrogen) atoms. The highest BCUT2D eigenvalue weighted by atomic mass is 16.1. The Bertz CT molecular complexity index is 297. The summed E-state index contributed by atoms with van der Waals surface area (Å²) in [5, 5.41) is 2.79. The zero-order valence-corrected chi connectivity index (χ0v) is 8.18. The van der Waals surface area contributed by atoms with Crippen molar-refractivity contribution < 1.29 is 4.79 Å². The number of carbonyl (C=O) groups excluding carboxylic acids is 1. The molecular weight excluding hydrogens is 162 g/mol. The lowest BCUT2D eigenvalue weighted by molar-refractivity contribution is -0.116. The van der Waals surface area contributed by atoms with Gasteiger partial charge in [0.05, 0.1) is 0 Å². The summed E-state index contributed by atoms with van der Waals surface area (Å²) >= 11 is 0. The molecule has 1 aliphatic carbocycles. The lowest BCUT2D eigenvalue weighted by Gasteiger charge is -2.11. The van der Waals surface area contributed by atoms with E-state index in [2.05, 4.69) is 18.8 Å². The Kier molecular flexibility index (Phi) is 3.07. The topological polar surface area (TPSA) is 29.1 Å². The quantitative estimate of drug-likeness (QED) is 0.644. The molecule has 1 rings (SSSR count). The minimum absolute atomic E-state index is 0.0998. The van der Waals surface area contributed by atoms with Gasteiger partial charge in [-0.2, -0.15) is 0 Å². The summed E-state index contributed by atoms with van der Waals surface area (Å²) in [6.45, 7) is 7.35. The predicted octanol–water partition coefficient (Wildman–Crippen LogP) is 2.30. The second-order valence-electron chi connectivity index (χ2n) is 3.42. The third kappa shape index (κ3) is 2.90. The Balaban J connectivity index is 2.60. The molecule has 0 saturated heterocycles. The third-order valence-electron chi connectivity index (χ3n) is 1.95. The highest BCUT2D eigenvalue weighted by molar-refractivity contribution is 5.93. The van der Waals surface area contributed by atoms with Gasteiger partial charge in [-0.05, 0) is 32.8 Å². The van der Waals surface area contributed by atoms with E-state index in [0.717, 1.165) is 18.5 Å². The second kappa shape index (κ2) is 4.08. The van der Waals surface area contributed by atoms with Gasteiger partial charge in [0.2, 0.25) is 0 Å². The van der Waals surface area contributed by atoms with Gasteiger partial charge in [0, 0.05) is 11.3 Å². The second-order valence-corrected chi connectivity index (χ2v) is 3.42. The molecule has 0 aromatic heterocycles. The van der Waals surface area contributed by atoms with Gasteiger partial charge < -0.3 is 5.32 Å². The number of amides is 1. The van der Waals surface area contributed by atoms with Crippen LogP contribution in [0.4, 0.5) is 0 Å². The minimum Gasteiger partial charge on any atom is -0.323 e. The van der Waals surface area contributed by atoms with Crippen LogP contribution in [0, 0.1) is 0 Å². The summed E-state index contributed by atoms with van der Waals surface area (Å²) in [6, 6.07) is 0. The van der Waals surface area contributed by atoms with Crippen LogP contribution in [0.2, 0.25) is 0 Å². The Hall–Kier alpha value is -1.31. The average Bonchev–Trinajstić information content (AvgIpc) is 2.04. The zero-order valence-electron chi connectivity index (χ0n) is 8.18. The van der Waals surface area contributed by atoms with E-state index in [4.69, 9.17) is 0 Å². The Morgan fingerprint density at radius 3 is 2.85 bits per heavy atom. The van der Waals surface area contributed by atoms with Crippen molar-refractivity contribution in [2.24, 2.45) is 0 Å². The summed E-state index contributed by atoms with van der Waals surface area (Å²) in [5.41, 5.74) is 2.74. The van der Waals surface area contributed by atoms with Crippen molar-refractivity contribution in [2.45, 2.75) is 26.7 Å². The van der Waals surface area contributed by atoms with Crippen LogP contribution in [0.15, 0.2) is 35.6 Å². The molecule has 0 aromatic rings. The van der Waals surface area contributed by atoms with Crippen LogP contribution < -0.4 is 5.32 Å². The van der Waals surface area contributed by atoms with Gasteiger partial charge in [0.15, 0.2) is 0 Å². The monoisotopic (exact) mass is 177 g/mol.